The molecule has 0 saturated heterocycles. The lowest BCUT2D eigenvalue weighted by Crippen LogP contribution is -2.74. The van der Waals surface area contributed by atoms with Gasteiger partial charge in [0.15, 0.2) is 0 Å². The van der Waals surface area contributed by atoms with Gasteiger partial charge in [0.05, 0.1) is 19.8 Å². The Balaban J connectivity index is 7.02. The zero-order valence-electron chi connectivity index (χ0n) is 30.1. The molecular formula is C24H12F39O4P. The van der Waals surface area contributed by atoms with Crippen LogP contribution in [-0.4, -0.2) is 127 Å². The first-order chi connectivity index (χ1) is 28.9. The Morgan fingerprint density at radius 2 is 0.382 bits per heavy atom. The lowest BCUT2D eigenvalue weighted by Gasteiger charge is -2.42. The van der Waals surface area contributed by atoms with Crippen LogP contribution in [0.1, 0.15) is 19.3 Å². The number of phosphoric acid groups is 1. The van der Waals surface area contributed by atoms with Crippen molar-refractivity contribution in [3.63, 3.8) is 0 Å². The molecule has 0 bridgehead atoms. The second kappa shape index (κ2) is 17.8. The highest BCUT2D eigenvalue weighted by Gasteiger charge is 2.97. The first kappa shape index (κ1) is 65.4. The van der Waals surface area contributed by atoms with E-state index in [1.54, 1.807) is 0 Å². The predicted octanol–water partition coefficient (Wildman–Crippen LogP) is 14.5. The highest BCUT2D eigenvalue weighted by Crippen LogP contribution is 2.67. The topological polar surface area (TPSA) is 44.8 Å². The molecule has 4 nitrogen and oxygen atoms in total. The molecule has 0 unspecified atom stereocenters. The van der Waals surface area contributed by atoms with Crippen molar-refractivity contribution in [3.05, 3.63) is 0 Å². The van der Waals surface area contributed by atoms with Crippen LogP contribution in [0.2, 0.25) is 0 Å². The van der Waals surface area contributed by atoms with Gasteiger partial charge in [0.25, 0.3) is 0 Å². The van der Waals surface area contributed by atoms with Crippen molar-refractivity contribution < 1.29 is 189 Å². The Morgan fingerprint density at radius 3 is 0.559 bits per heavy atom. The van der Waals surface area contributed by atoms with E-state index in [1.807, 2.05) is 0 Å². The first-order valence-electron chi connectivity index (χ1n) is 15.3. The summed E-state index contributed by atoms with van der Waals surface area (Å²) in [4.78, 5) is 0. The van der Waals surface area contributed by atoms with Gasteiger partial charge in [-0.2, -0.15) is 171 Å². The Labute approximate surface area is 344 Å². The van der Waals surface area contributed by atoms with Crippen molar-refractivity contribution in [2.75, 3.05) is 19.8 Å². The second-order valence-corrected chi connectivity index (χ2v) is 14.4. The third-order valence-electron chi connectivity index (χ3n) is 7.99. The van der Waals surface area contributed by atoms with Crippen molar-refractivity contribution in [1.82, 2.24) is 0 Å². The van der Waals surface area contributed by atoms with E-state index < -0.39 is 154 Å². The van der Waals surface area contributed by atoms with Crippen LogP contribution < -0.4 is 0 Å². The molecule has 0 aromatic carbocycles. The van der Waals surface area contributed by atoms with Crippen molar-refractivity contribution in [1.29, 1.82) is 0 Å². The lowest BCUT2D eigenvalue weighted by atomic mass is 9.88. The summed E-state index contributed by atoms with van der Waals surface area (Å²) in [5.41, 5.74) is 0. The molecule has 0 radical (unpaired) electrons. The Bertz CT molecular complexity index is 1660. The number of hydrogen-bond acceptors (Lipinski definition) is 4. The molecule has 0 aromatic rings. The third kappa shape index (κ3) is 10.1. The molecule has 0 atom stereocenters. The summed E-state index contributed by atoms with van der Waals surface area (Å²) >= 11 is 0. The predicted molar refractivity (Wildman–Crippen MR) is 132 cm³/mol. The fourth-order valence-corrected chi connectivity index (χ4v) is 4.99. The molecule has 0 rings (SSSR count). The van der Waals surface area contributed by atoms with Crippen LogP contribution in [0, 0.1) is 0 Å². The number of alkyl halides is 39. The van der Waals surface area contributed by atoms with E-state index in [9.17, 15) is 176 Å². The van der Waals surface area contributed by atoms with Gasteiger partial charge in [-0.15, -0.1) is 0 Å². The maximum Gasteiger partial charge on any atom is 0.474 e. The molecule has 0 aliphatic carbocycles. The lowest BCUT2D eigenvalue weighted by molar-refractivity contribution is -0.462. The van der Waals surface area contributed by atoms with Crippen LogP contribution in [-0.2, 0) is 18.1 Å². The van der Waals surface area contributed by atoms with Crippen LogP contribution in [0.15, 0.2) is 0 Å². The molecule has 0 saturated carbocycles. The summed E-state index contributed by atoms with van der Waals surface area (Å²) in [5.74, 6) is -129. The summed E-state index contributed by atoms with van der Waals surface area (Å²) in [6, 6.07) is 0. The van der Waals surface area contributed by atoms with Gasteiger partial charge in [0.2, 0.25) is 0 Å². The minimum absolute atomic E-state index is 2.87. The van der Waals surface area contributed by atoms with Gasteiger partial charge >= 0.3 is 115 Å². The number of hydrogen-bond donors (Lipinski definition) is 0. The average molecular weight is 1140 g/mol. The smallest absolute Gasteiger partial charge is 0.287 e. The first-order valence-corrected chi connectivity index (χ1v) is 16.7. The standard InChI is InChI=1S/C24H12F39O4P/c25-7(26,10(31,32)12(35,36)14(39,40)16(43,44)18(47,48)20(51,52)23(58,59)60)1-4-65-68(64,67-6-3-9(29,30)22(55,56)57)66-5-2-8(27,28)11(33,34)13(37,38)15(41,42)17(45,46)19(49,50)21(53,54)24(61,62)63/h1-6H2. The van der Waals surface area contributed by atoms with Crippen LogP contribution in [0.25, 0.3) is 0 Å². The summed E-state index contributed by atoms with van der Waals surface area (Å²) in [6.07, 6.45) is -34.3. The zero-order valence-corrected chi connectivity index (χ0v) is 31.0. The molecule has 0 amide bonds. The minimum atomic E-state index is -9.27. The Kier molecular flexibility index (Phi) is 17.2. The average Bonchev–Trinajstić information content (AvgIpc) is 3.08. The highest BCUT2D eigenvalue weighted by molar-refractivity contribution is 7.48. The van der Waals surface area contributed by atoms with E-state index in [0.29, 0.717) is 0 Å². The molecule has 44 heteroatoms. The number of halogens is 39. The zero-order chi connectivity index (χ0) is 55.9. The second-order valence-electron chi connectivity index (χ2n) is 12.7. The Hall–Kier alpha value is -2.62. The Morgan fingerprint density at radius 1 is 0.221 bits per heavy atom. The van der Waals surface area contributed by atoms with E-state index in [4.69, 9.17) is 0 Å². The maximum atomic E-state index is 14.2. The summed E-state index contributed by atoms with van der Waals surface area (Å²) < 4.78 is 542. The fourth-order valence-electron chi connectivity index (χ4n) is 3.82. The largest absolute Gasteiger partial charge is 0.474 e. The third-order valence-corrected chi connectivity index (χ3v) is 9.48. The summed E-state index contributed by atoms with van der Waals surface area (Å²) in [5, 5.41) is 0. The van der Waals surface area contributed by atoms with E-state index >= 15 is 0 Å². The normalized spacial score (nSPS) is 16.8. The summed E-state index contributed by atoms with van der Waals surface area (Å²) in [6.45, 7) is -9.65. The van der Waals surface area contributed by atoms with Gasteiger partial charge in [-0.25, -0.2) is 4.57 Å². The molecular weight excluding hydrogens is 1120 g/mol. The van der Waals surface area contributed by atoms with Gasteiger partial charge < -0.3 is 0 Å². The van der Waals surface area contributed by atoms with Gasteiger partial charge in [-0.1, -0.05) is 0 Å². The monoisotopic (exact) mass is 1140 g/mol. The van der Waals surface area contributed by atoms with E-state index in [0.717, 1.165) is 0 Å². The van der Waals surface area contributed by atoms with Crippen molar-refractivity contribution in [3.8, 4) is 0 Å². The SMILES string of the molecule is O=P(OCCC(F)(F)C(F)(F)F)(OCCC(F)(F)C(F)(F)C(F)(F)C(F)(F)C(F)(F)C(F)(F)C(F)(F)C(F)(F)F)OCCC(F)(F)C(F)(F)C(F)(F)C(F)(F)C(F)(F)C(F)(F)C(F)(F)C(F)(F)F. The number of phosphoric ester groups is 1. The molecule has 0 spiro atoms. The molecule has 0 fully saturated rings. The molecule has 0 N–H and O–H groups in total. The molecule has 410 valence electrons. The summed E-state index contributed by atoms with van der Waals surface area (Å²) in [7, 11) is -7.29. The fraction of sp³-hybridized carbons (Fsp3) is 1.00. The van der Waals surface area contributed by atoms with Gasteiger partial charge in [-0.05, 0) is 0 Å². The van der Waals surface area contributed by atoms with Gasteiger partial charge in [0.1, 0.15) is 0 Å². The van der Waals surface area contributed by atoms with E-state index in [2.05, 4.69) is 13.6 Å². The number of rotatable bonds is 24. The molecule has 0 aliphatic heterocycles. The van der Waals surface area contributed by atoms with Crippen LogP contribution in [0.3, 0.4) is 0 Å². The van der Waals surface area contributed by atoms with Gasteiger partial charge in [-0.3, -0.25) is 13.6 Å². The van der Waals surface area contributed by atoms with Crippen LogP contribution in [0.5, 0.6) is 0 Å². The van der Waals surface area contributed by atoms with Gasteiger partial charge in [0, 0.05) is 19.3 Å². The van der Waals surface area contributed by atoms with E-state index in [-0.39, 0.29) is 0 Å². The van der Waals surface area contributed by atoms with Crippen LogP contribution in [0.4, 0.5) is 171 Å². The van der Waals surface area contributed by atoms with Crippen LogP contribution >= 0.6 is 7.82 Å². The quantitative estimate of drug-likeness (QED) is 0.0714. The minimum Gasteiger partial charge on any atom is -0.287 e. The van der Waals surface area contributed by atoms with Crippen molar-refractivity contribution in [2.24, 2.45) is 0 Å². The van der Waals surface area contributed by atoms with Crippen molar-refractivity contribution in [2.45, 2.75) is 127 Å². The molecule has 68 heavy (non-hydrogen) atoms. The molecule has 0 heterocycles. The molecule has 0 aliphatic rings. The highest BCUT2D eigenvalue weighted by atomic mass is 31.2. The maximum absolute atomic E-state index is 14.2. The molecule has 0 aromatic heterocycles. The van der Waals surface area contributed by atoms with E-state index in [1.165, 1.54) is 0 Å². The van der Waals surface area contributed by atoms with Crippen molar-refractivity contribution >= 4 is 7.82 Å².